The van der Waals surface area contributed by atoms with Crippen molar-refractivity contribution in [3.8, 4) is 0 Å². The standard InChI is InChI=1S/C29H49O2/c1-18(2)9-8-10-19(3)20-11-12-21-26-22(13-15-28(20,21)6)29(7)16-14-25(31)27(4,5)24(29)17-23(26)30/h17-23,25-26,30H,8-16H2,1-7H3/t19-,20-,21+,22+,23+,25+,26+,28-,29-/m1/s1. The van der Waals surface area contributed by atoms with Crippen LogP contribution in [0.2, 0.25) is 0 Å². The molecule has 0 spiro atoms. The highest BCUT2D eigenvalue weighted by atomic mass is 16.3. The zero-order chi connectivity index (χ0) is 22.8. The minimum atomic E-state index is -0.535. The molecule has 1 N–H and O–H groups in total. The Kier molecular flexibility index (Phi) is 6.26. The summed E-state index contributed by atoms with van der Waals surface area (Å²) in [6, 6.07) is 0. The Morgan fingerprint density at radius 1 is 0.968 bits per heavy atom. The Morgan fingerprint density at radius 2 is 1.68 bits per heavy atom. The number of hydrogen-bond donors (Lipinski definition) is 1. The van der Waals surface area contributed by atoms with Crippen molar-refractivity contribution in [2.45, 2.75) is 118 Å². The van der Waals surface area contributed by atoms with E-state index >= 15 is 0 Å². The highest BCUT2D eigenvalue weighted by Crippen LogP contribution is 2.69. The number of aliphatic hydroxyl groups excluding tert-OH is 1. The smallest absolute Gasteiger partial charge is 0.102 e. The van der Waals surface area contributed by atoms with Crippen LogP contribution in [0.5, 0.6) is 0 Å². The van der Waals surface area contributed by atoms with E-state index in [1.54, 1.807) is 0 Å². The molecule has 4 aliphatic carbocycles. The van der Waals surface area contributed by atoms with Gasteiger partial charge in [0.1, 0.15) is 6.10 Å². The van der Waals surface area contributed by atoms with Crippen LogP contribution < -0.4 is 0 Å². The Balaban J connectivity index is 1.58. The molecular formula is C29H49O2. The van der Waals surface area contributed by atoms with Gasteiger partial charge in [0.05, 0.1) is 6.10 Å². The first-order chi connectivity index (χ1) is 14.4. The molecular weight excluding hydrogens is 380 g/mol. The summed E-state index contributed by atoms with van der Waals surface area (Å²) < 4.78 is 0. The van der Waals surface area contributed by atoms with Crippen LogP contribution in [0, 0.1) is 51.8 Å². The highest BCUT2D eigenvalue weighted by Gasteiger charge is 2.63. The van der Waals surface area contributed by atoms with E-state index in [9.17, 15) is 10.2 Å². The van der Waals surface area contributed by atoms with E-state index in [1.807, 2.05) is 0 Å². The van der Waals surface area contributed by atoms with Gasteiger partial charge in [0.2, 0.25) is 0 Å². The maximum atomic E-state index is 12.8. The normalized spacial score (nSPS) is 47.4. The van der Waals surface area contributed by atoms with Gasteiger partial charge in [-0.05, 0) is 84.9 Å². The predicted molar refractivity (Wildman–Crippen MR) is 128 cm³/mol. The molecule has 0 aliphatic heterocycles. The molecule has 3 fully saturated rings. The third-order valence-corrected chi connectivity index (χ3v) is 11.1. The van der Waals surface area contributed by atoms with Gasteiger partial charge < -0.3 is 5.11 Å². The molecule has 4 aliphatic rings. The van der Waals surface area contributed by atoms with Crippen molar-refractivity contribution in [1.29, 1.82) is 0 Å². The maximum absolute atomic E-state index is 12.8. The molecule has 1 radical (unpaired) electrons. The number of aliphatic hydroxyl groups is 1. The summed E-state index contributed by atoms with van der Waals surface area (Å²) in [5, 5.41) is 24.3. The quantitative estimate of drug-likeness (QED) is 0.453. The number of fused-ring (bicyclic) bond motifs is 5. The topological polar surface area (TPSA) is 40.1 Å². The molecule has 0 bridgehead atoms. The van der Waals surface area contributed by atoms with Crippen molar-refractivity contribution in [3.05, 3.63) is 11.6 Å². The Labute approximate surface area is 192 Å². The largest absolute Gasteiger partial charge is 0.389 e. The fourth-order valence-electron chi connectivity index (χ4n) is 9.35. The molecule has 2 heteroatoms. The molecule has 0 amide bonds. The Bertz CT molecular complexity index is 693. The fraction of sp³-hybridized carbons (Fsp3) is 0.931. The van der Waals surface area contributed by atoms with Crippen LogP contribution in [-0.2, 0) is 5.11 Å². The molecule has 0 unspecified atom stereocenters. The van der Waals surface area contributed by atoms with Crippen LogP contribution >= 0.6 is 0 Å². The van der Waals surface area contributed by atoms with Crippen molar-refractivity contribution in [2.75, 3.05) is 0 Å². The molecule has 4 rings (SSSR count). The minimum Gasteiger partial charge on any atom is -0.389 e. The van der Waals surface area contributed by atoms with E-state index in [-0.39, 0.29) is 16.9 Å². The number of hydrogen-bond acceptors (Lipinski definition) is 1. The van der Waals surface area contributed by atoms with Gasteiger partial charge in [0.25, 0.3) is 0 Å². The van der Waals surface area contributed by atoms with Crippen LogP contribution in [0.3, 0.4) is 0 Å². The van der Waals surface area contributed by atoms with Gasteiger partial charge in [-0.3, -0.25) is 0 Å². The van der Waals surface area contributed by atoms with Gasteiger partial charge in [-0.2, -0.15) is 0 Å². The van der Waals surface area contributed by atoms with Crippen LogP contribution in [0.25, 0.3) is 0 Å². The van der Waals surface area contributed by atoms with Crippen molar-refractivity contribution in [2.24, 2.45) is 51.8 Å². The van der Waals surface area contributed by atoms with Crippen molar-refractivity contribution < 1.29 is 10.2 Å². The Morgan fingerprint density at radius 3 is 2.35 bits per heavy atom. The van der Waals surface area contributed by atoms with Gasteiger partial charge in [0.15, 0.2) is 0 Å². The molecule has 0 aromatic heterocycles. The third-order valence-electron chi connectivity index (χ3n) is 11.1. The first-order valence-corrected chi connectivity index (χ1v) is 13.5. The van der Waals surface area contributed by atoms with Gasteiger partial charge in [0, 0.05) is 5.41 Å². The summed E-state index contributed by atoms with van der Waals surface area (Å²) in [5.41, 5.74) is 1.45. The Hall–Kier alpha value is -0.340. The first-order valence-electron chi connectivity index (χ1n) is 13.5. The lowest BCUT2D eigenvalue weighted by Gasteiger charge is -2.62. The monoisotopic (exact) mass is 429 g/mol. The van der Waals surface area contributed by atoms with Gasteiger partial charge >= 0.3 is 0 Å². The van der Waals surface area contributed by atoms with Crippen LogP contribution in [0.1, 0.15) is 106 Å². The van der Waals surface area contributed by atoms with Crippen LogP contribution in [-0.4, -0.2) is 17.3 Å². The van der Waals surface area contributed by atoms with E-state index in [0.717, 1.165) is 30.6 Å². The second-order valence-electron chi connectivity index (χ2n) is 13.6. The van der Waals surface area contributed by atoms with Crippen molar-refractivity contribution >= 4 is 0 Å². The zero-order valence-electron chi connectivity index (χ0n) is 21.4. The minimum absolute atomic E-state index is 0.108. The van der Waals surface area contributed by atoms with Gasteiger partial charge in [-0.25, -0.2) is 5.11 Å². The summed E-state index contributed by atoms with van der Waals surface area (Å²) in [4.78, 5) is 0. The van der Waals surface area contributed by atoms with E-state index in [1.165, 1.54) is 50.5 Å². The second kappa shape index (κ2) is 8.15. The average molecular weight is 430 g/mol. The summed E-state index contributed by atoms with van der Waals surface area (Å²) in [5.74, 6) is 3.98. The van der Waals surface area contributed by atoms with Crippen molar-refractivity contribution in [1.82, 2.24) is 0 Å². The summed E-state index contributed by atoms with van der Waals surface area (Å²) >= 11 is 0. The molecule has 0 heterocycles. The second-order valence-corrected chi connectivity index (χ2v) is 13.6. The van der Waals surface area contributed by atoms with E-state index in [0.29, 0.717) is 23.2 Å². The SMILES string of the molecule is CC(C)CCC[C@@H](C)[C@H]1CC[C@H]2[C@@H]3[C@@H](O)C=C4C(C)(C)[C@@H]([O])CC[C@]4(C)[C@H]3CC[C@]12C. The summed E-state index contributed by atoms with van der Waals surface area (Å²) in [6.07, 6.45) is 12.3. The molecule has 2 nitrogen and oxygen atoms in total. The van der Waals surface area contributed by atoms with Gasteiger partial charge in [-0.15, -0.1) is 0 Å². The molecule has 9 atom stereocenters. The van der Waals surface area contributed by atoms with Crippen LogP contribution in [0.15, 0.2) is 11.6 Å². The molecule has 0 saturated heterocycles. The number of rotatable bonds is 5. The van der Waals surface area contributed by atoms with E-state index in [2.05, 4.69) is 54.5 Å². The zero-order valence-corrected chi connectivity index (χ0v) is 21.4. The summed E-state index contributed by atoms with van der Waals surface area (Å²) in [6.45, 7) is 16.5. The predicted octanol–water partition coefficient (Wildman–Crippen LogP) is 7.43. The molecule has 177 valence electrons. The lowest BCUT2D eigenvalue weighted by molar-refractivity contribution is -0.119. The van der Waals surface area contributed by atoms with Gasteiger partial charge in [-0.1, -0.05) is 79.4 Å². The molecule has 31 heavy (non-hydrogen) atoms. The summed E-state index contributed by atoms with van der Waals surface area (Å²) in [7, 11) is 0. The lowest BCUT2D eigenvalue weighted by atomic mass is 9.43. The first kappa shape index (κ1) is 23.8. The van der Waals surface area contributed by atoms with E-state index in [4.69, 9.17) is 0 Å². The highest BCUT2D eigenvalue weighted by molar-refractivity contribution is 5.33. The van der Waals surface area contributed by atoms with Crippen molar-refractivity contribution in [3.63, 3.8) is 0 Å². The van der Waals surface area contributed by atoms with E-state index < -0.39 is 6.10 Å². The third kappa shape index (κ3) is 3.67. The fourth-order valence-corrected chi connectivity index (χ4v) is 9.35. The average Bonchev–Trinajstić information content (AvgIpc) is 3.04. The van der Waals surface area contributed by atoms with Crippen LogP contribution in [0.4, 0.5) is 0 Å². The molecule has 0 aromatic rings. The lowest BCUT2D eigenvalue weighted by Crippen LogP contribution is -2.57. The molecule has 3 saturated carbocycles. The maximum Gasteiger partial charge on any atom is 0.102 e. The molecule has 0 aromatic carbocycles.